The van der Waals surface area contributed by atoms with Gasteiger partial charge in [0.2, 0.25) is 0 Å². The number of imidazole rings is 1. The first-order chi connectivity index (χ1) is 15.6. The molecule has 1 aromatic carbocycles. The summed E-state index contributed by atoms with van der Waals surface area (Å²) in [6.07, 6.45) is 14.6. The van der Waals surface area contributed by atoms with Crippen molar-refractivity contribution in [1.82, 2.24) is 14.6 Å². The van der Waals surface area contributed by atoms with E-state index in [0.717, 1.165) is 46.9 Å². The zero-order chi connectivity index (χ0) is 22.1. The van der Waals surface area contributed by atoms with Crippen molar-refractivity contribution in [2.24, 2.45) is 0 Å². The Labute approximate surface area is 185 Å². The van der Waals surface area contributed by atoms with Crippen LogP contribution < -0.4 is 0 Å². The highest BCUT2D eigenvalue weighted by atomic mass is 16.7. The highest BCUT2D eigenvalue weighted by Crippen LogP contribution is 2.31. The lowest BCUT2D eigenvalue weighted by molar-refractivity contribution is -0.190. The first-order valence-corrected chi connectivity index (χ1v) is 10.7. The van der Waals surface area contributed by atoms with Crippen molar-refractivity contribution in [2.75, 3.05) is 0 Å². The summed E-state index contributed by atoms with van der Waals surface area (Å²) in [4.78, 5) is 35.9. The van der Waals surface area contributed by atoms with E-state index in [-0.39, 0.29) is 18.3 Å². The van der Waals surface area contributed by atoms with Gasteiger partial charge in [-0.3, -0.25) is 14.4 Å². The second-order valence-electron chi connectivity index (χ2n) is 8.01. The topological polar surface area (TPSA) is 84.7 Å². The van der Waals surface area contributed by atoms with Crippen LogP contribution in [-0.2, 0) is 27.6 Å². The largest absolute Gasteiger partial charge is 0.508 e. The molecular formula is C25H23N3O4. The van der Waals surface area contributed by atoms with Gasteiger partial charge < -0.3 is 9.67 Å². The minimum absolute atomic E-state index is 0.0248. The van der Waals surface area contributed by atoms with E-state index >= 15 is 0 Å². The number of aromatic hydroxyl groups is 1. The van der Waals surface area contributed by atoms with E-state index in [1.54, 1.807) is 30.6 Å². The van der Waals surface area contributed by atoms with E-state index in [1.807, 2.05) is 28.9 Å². The summed E-state index contributed by atoms with van der Waals surface area (Å²) in [7, 11) is 0. The molecule has 0 spiro atoms. The Morgan fingerprint density at radius 1 is 1.09 bits per heavy atom. The van der Waals surface area contributed by atoms with E-state index in [1.165, 1.54) is 0 Å². The number of phenols is 1. The smallest absolute Gasteiger partial charge is 0.285 e. The molecule has 1 aromatic heterocycles. The molecule has 162 valence electrons. The molecule has 0 atom stereocenters. The third-order valence-electron chi connectivity index (χ3n) is 5.89. The molecule has 0 radical (unpaired) electrons. The second kappa shape index (κ2) is 8.43. The highest BCUT2D eigenvalue weighted by Gasteiger charge is 2.39. The van der Waals surface area contributed by atoms with Gasteiger partial charge in [0.1, 0.15) is 12.4 Å². The number of carbonyl (C=O) groups is 2. The molecule has 32 heavy (non-hydrogen) atoms. The Bertz CT molecular complexity index is 1220. The van der Waals surface area contributed by atoms with Gasteiger partial charge in [0, 0.05) is 12.1 Å². The number of rotatable bonds is 6. The van der Waals surface area contributed by atoms with E-state index < -0.39 is 5.91 Å². The van der Waals surface area contributed by atoms with Crippen LogP contribution in [0.1, 0.15) is 42.6 Å². The van der Waals surface area contributed by atoms with Gasteiger partial charge in [-0.15, -0.1) is 5.06 Å². The maximum absolute atomic E-state index is 12.7. The molecule has 2 aromatic rings. The van der Waals surface area contributed by atoms with Crippen molar-refractivity contribution in [3.63, 3.8) is 0 Å². The third-order valence-corrected chi connectivity index (χ3v) is 5.89. The predicted octanol–water partition coefficient (Wildman–Crippen LogP) is 3.82. The van der Waals surface area contributed by atoms with Crippen LogP contribution in [0.3, 0.4) is 0 Å². The second-order valence-corrected chi connectivity index (χ2v) is 8.01. The summed E-state index contributed by atoms with van der Waals surface area (Å²) in [6, 6.07) is 7.04. The maximum Gasteiger partial charge on any atom is 0.285 e. The monoisotopic (exact) mass is 429 g/mol. The molecule has 0 saturated heterocycles. The van der Waals surface area contributed by atoms with Gasteiger partial charge in [0.15, 0.2) is 0 Å². The van der Waals surface area contributed by atoms with Crippen LogP contribution in [0.5, 0.6) is 5.75 Å². The predicted molar refractivity (Wildman–Crippen MR) is 118 cm³/mol. The molecule has 1 aliphatic heterocycles. The number of hydrogen-bond donors (Lipinski definition) is 1. The summed E-state index contributed by atoms with van der Waals surface area (Å²) >= 11 is 0. The van der Waals surface area contributed by atoms with Crippen LogP contribution in [0, 0.1) is 0 Å². The molecule has 5 rings (SSSR count). The van der Waals surface area contributed by atoms with Gasteiger partial charge in [0.05, 0.1) is 23.3 Å². The van der Waals surface area contributed by atoms with Crippen LogP contribution in [0.25, 0.3) is 5.57 Å². The number of aromatic nitrogens is 2. The average Bonchev–Trinajstić information content (AvgIpc) is 3.32. The molecular weight excluding hydrogens is 406 g/mol. The summed E-state index contributed by atoms with van der Waals surface area (Å²) in [5.74, 6) is -0.602. The summed E-state index contributed by atoms with van der Waals surface area (Å²) in [5.41, 5.74) is 4.51. The number of phenolic OH excluding ortho intramolecular Hbond substituents is 1. The molecule has 3 aliphatic rings. The minimum Gasteiger partial charge on any atom is -0.508 e. The van der Waals surface area contributed by atoms with Gasteiger partial charge in [-0.1, -0.05) is 42.5 Å². The Morgan fingerprint density at radius 2 is 1.97 bits per heavy atom. The quantitative estimate of drug-likeness (QED) is 0.706. The van der Waals surface area contributed by atoms with E-state index in [2.05, 4.69) is 11.1 Å². The van der Waals surface area contributed by atoms with Crippen LogP contribution in [0.4, 0.5) is 0 Å². The van der Waals surface area contributed by atoms with Gasteiger partial charge in [-0.25, -0.2) is 4.98 Å². The van der Waals surface area contributed by atoms with Gasteiger partial charge in [-0.05, 0) is 49.0 Å². The number of hydroxylamine groups is 2. The van der Waals surface area contributed by atoms with Crippen LogP contribution >= 0.6 is 0 Å². The van der Waals surface area contributed by atoms with Crippen LogP contribution in [0.2, 0.25) is 0 Å². The molecule has 2 amide bonds. The zero-order valence-corrected chi connectivity index (χ0v) is 17.5. The number of nitrogens with zero attached hydrogens (tertiary/aromatic N) is 3. The standard InChI is InChI=1S/C25H23N3O4/c29-19-10-6-7-17(13-19)14-27-16-26-23(18-8-2-1-3-9-18)22(27)15-32-28-24(30)20-11-4-5-12-21(20)25(28)31/h1-2,4,6-8,10-11,13,16,29H,3,5,9,12,14-15H2. The number of imide groups is 1. The molecule has 7 heteroatoms. The Hall–Kier alpha value is -3.71. The van der Waals surface area contributed by atoms with Crippen molar-refractivity contribution in [3.05, 3.63) is 89.1 Å². The van der Waals surface area contributed by atoms with Crippen molar-refractivity contribution >= 4 is 17.4 Å². The van der Waals surface area contributed by atoms with Crippen LogP contribution in [0.15, 0.2) is 72.1 Å². The Balaban J connectivity index is 1.42. The molecule has 7 nitrogen and oxygen atoms in total. The fourth-order valence-corrected chi connectivity index (χ4v) is 4.27. The number of allylic oxidation sites excluding steroid dienone is 5. The third kappa shape index (κ3) is 3.71. The van der Waals surface area contributed by atoms with Crippen molar-refractivity contribution in [2.45, 2.75) is 38.8 Å². The number of benzene rings is 1. The van der Waals surface area contributed by atoms with Gasteiger partial charge >= 0.3 is 0 Å². The lowest BCUT2D eigenvalue weighted by Crippen LogP contribution is -2.32. The van der Waals surface area contributed by atoms with E-state index in [0.29, 0.717) is 24.1 Å². The zero-order valence-electron chi connectivity index (χ0n) is 17.5. The summed E-state index contributed by atoms with van der Waals surface area (Å²) in [6.45, 7) is 0.500. The first kappa shape index (κ1) is 20.2. The fraction of sp³-hybridized carbons (Fsp3) is 0.240. The van der Waals surface area contributed by atoms with E-state index in [9.17, 15) is 14.7 Å². The fourth-order valence-electron chi connectivity index (χ4n) is 4.27. The molecule has 0 saturated carbocycles. The van der Waals surface area contributed by atoms with Crippen molar-refractivity contribution < 1.29 is 19.5 Å². The molecule has 0 unspecified atom stereocenters. The molecule has 1 N–H and O–H groups in total. The number of hydrogen-bond acceptors (Lipinski definition) is 5. The maximum atomic E-state index is 12.7. The van der Waals surface area contributed by atoms with Crippen LogP contribution in [-0.4, -0.2) is 31.5 Å². The number of amides is 2. The SMILES string of the molecule is O=C1C2=C(CCC=C2)C(=O)N1OCc1c(C2=CC=CCC2)ncn1Cc1cccc(O)c1. The minimum atomic E-state index is -0.415. The molecule has 0 fully saturated rings. The summed E-state index contributed by atoms with van der Waals surface area (Å²) < 4.78 is 1.93. The average molecular weight is 429 g/mol. The molecule has 2 aliphatic carbocycles. The van der Waals surface area contributed by atoms with E-state index in [4.69, 9.17) is 4.84 Å². The normalized spacial score (nSPS) is 17.9. The molecule has 2 heterocycles. The lowest BCUT2D eigenvalue weighted by atomic mass is 10.00. The van der Waals surface area contributed by atoms with Crippen molar-refractivity contribution in [3.8, 4) is 5.75 Å². The Kier molecular flexibility index (Phi) is 5.33. The highest BCUT2D eigenvalue weighted by molar-refractivity contribution is 6.20. The first-order valence-electron chi connectivity index (χ1n) is 10.7. The van der Waals surface area contributed by atoms with Gasteiger partial charge in [0.25, 0.3) is 11.8 Å². The molecule has 0 bridgehead atoms. The van der Waals surface area contributed by atoms with Crippen molar-refractivity contribution in [1.29, 1.82) is 0 Å². The van der Waals surface area contributed by atoms with Gasteiger partial charge in [-0.2, -0.15) is 0 Å². The summed E-state index contributed by atoms with van der Waals surface area (Å²) in [5, 5.41) is 10.7. The lowest BCUT2D eigenvalue weighted by Gasteiger charge is -2.17. The Morgan fingerprint density at radius 3 is 2.75 bits per heavy atom. The number of carbonyl (C=O) groups excluding carboxylic acids is 2.